The van der Waals surface area contributed by atoms with Crippen LogP contribution in [0.3, 0.4) is 0 Å². The number of piperidine rings is 1. The molecule has 1 fully saturated rings. The Morgan fingerprint density at radius 2 is 2.00 bits per heavy atom. The molecule has 0 saturated carbocycles. The minimum absolute atomic E-state index is 0.150. The van der Waals surface area contributed by atoms with E-state index >= 15 is 0 Å². The van der Waals surface area contributed by atoms with Crippen molar-refractivity contribution in [1.82, 2.24) is 5.32 Å². The first-order valence-corrected chi connectivity index (χ1v) is 5.45. The molecule has 0 bridgehead atoms. The molecule has 5 nitrogen and oxygen atoms in total. The zero-order valence-corrected chi connectivity index (χ0v) is 10.0. The maximum absolute atomic E-state index is 11.9. The molecule has 1 saturated heterocycles. The molecule has 0 aromatic carbocycles. The highest BCUT2D eigenvalue weighted by molar-refractivity contribution is 5.99. The summed E-state index contributed by atoms with van der Waals surface area (Å²) >= 11 is 0. The third-order valence-electron chi connectivity index (χ3n) is 2.58. The van der Waals surface area contributed by atoms with Crippen LogP contribution in [-0.2, 0) is 14.3 Å². The van der Waals surface area contributed by atoms with Gasteiger partial charge in [0.2, 0.25) is 0 Å². The maximum Gasteiger partial charge on any atom is 0.325 e. The third kappa shape index (κ3) is 2.72. The van der Waals surface area contributed by atoms with Gasteiger partial charge in [0.15, 0.2) is 5.41 Å². The van der Waals surface area contributed by atoms with Crippen LogP contribution in [0, 0.1) is 5.41 Å². The average Bonchev–Trinajstić information content (AvgIpc) is 2.16. The number of hydrogen-bond acceptors (Lipinski definition) is 4. The standard InChI is InChI=1S/C11H19NO4/c1-10(2,3)16-9(15)11(8(13)14)5-4-6-12-7-11/h12H,4-7H2,1-3H3,(H,13,14)/t11-/m0/s1. The highest BCUT2D eigenvalue weighted by atomic mass is 16.6. The Morgan fingerprint density at radius 3 is 2.38 bits per heavy atom. The Kier molecular flexibility index (Phi) is 3.57. The summed E-state index contributed by atoms with van der Waals surface area (Å²) in [7, 11) is 0. The predicted molar refractivity (Wildman–Crippen MR) is 58.0 cm³/mol. The van der Waals surface area contributed by atoms with Crippen LogP contribution in [0.15, 0.2) is 0 Å². The molecule has 92 valence electrons. The summed E-state index contributed by atoms with van der Waals surface area (Å²) in [6.07, 6.45) is 1.01. The van der Waals surface area contributed by atoms with Crippen LogP contribution in [0.4, 0.5) is 0 Å². The van der Waals surface area contributed by atoms with Gasteiger partial charge >= 0.3 is 11.9 Å². The summed E-state index contributed by atoms with van der Waals surface area (Å²) < 4.78 is 5.18. The van der Waals surface area contributed by atoms with Crippen molar-refractivity contribution in [3.8, 4) is 0 Å². The molecule has 16 heavy (non-hydrogen) atoms. The predicted octanol–water partition coefficient (Wildman–Crippen LogP) is 0.782. The lowest BCUT2D eigenvalue weighted by Crippen LogP contribution is -2.52. The molecule has 0 aromatic heterocycles. The molecular formula is C11H19NO4. The van der Waals surface area contributed by atoms with Crippen molar-refractivity contribution < 1.29 is 19.4 Å². The fourth-order valence-corrected chi connectivity index (χ4v) is 1.73. The topological polar surface area (TPSA) is 75.6 Å². The van der Waals surface area contributed by atoms with Crippen LogP contribution in [0.2, 0.25) is 0 Å². The van der Waals surface area contributed by atoms with Crippen molar-refractivity contribution in [2.45, 2.75) is 39.2 Å². The number of aliphatic carboxylic acids is 1. The number of nitrogens with one attached hydrogen (secondary N) is 1. The zero-order chi connectivity index (χ0) is 12.4. The van der Waals surface area contributed by atoms with E-state index in [0.717, 1.165) is 6.54 Å². The first-order valence-electron chi connectivity index (χ1n) is 5.45. The largest absolute Gasteiger partial charge is 0.480 e. The lowest BCUT2D eigenvalue weighted by atomic mass is 9.80. The lowest BCUT2D eigenvalue weighted by molar-refractivity contribution is -0.178. The van der Waals surface area contributed by atoms with Gasteiger partial charge in [-0.3, -0.25) is 9.59 Å². The van der Waals surface area contributed by atoms with Gasteiger partial charge in [0.25, 0.3) is 0 Å². The molecule has 0 aromatic rings. The van der Waals surface area contributed by atoms with Gasteiger partial charge in [0.05, 0.1) is 0 Å². The van der Waals surface area contributed by atoms with Crippen molar-refractivity contribution in [2.75, 3.05) is 13.1 Å². The number of carboxylic acid groups (broad SMARTS) is 1. The van der Waals surface area contributed by atoms with Crippen molar-refractivity contribution in [3.63, 3.8) is 0 Å². The van der Waals surface area contributed by atoms with E-state index in [4.69, 9.17) is 4.74 Å². The van der Waals surface area contributed by atoms with Crippen molar-refractivity contribution >= 4 is 11.9 Å². The molecule has 0 unspecified atom stereocenters. The molecule has 2 N–H and O–H groups in total. The van der Waals surface area contributed by atoms with E-state index in [9.17, 15) is 14.7 Å². The van der Waals surface area contributed by atoms with E-state index in [1.807, 2.05) is 0 Å². The monoisotopic (exact) mass is 229 g/mol. The van der Waals surface area contributed by atoms with E-state index < -0.39 is 23.0 Å². The van der Waals surface area contributed by atoms with Gasteiger partial charge in [0, 0.05) is 6.54 Å². The molecule has 0 radical (unpaired) electrons. The van der Waals surface area contributed by atoms with Crippen molar-refractivity contribution in [2.24, 2.45) is 5.41 Å². The molecule has 1 aliphatic rings. The Morgan fingerprint density at radius 1 is 1.38 bits per heavy atom. The smallest absolute Gasteiger partial charge is 0.325 e. The SMILES string of the molecule is CC(C)(C)OC(=O)[C@@]1(C(=O)O)CCCNC1. The number of ether oxygens (including phenoxy) is 1. The van der Waals surface area contributed by atoms with Gasteiger partial charge in [-0.1, -0.05) is 0 Å². The summed E-state index contributed by atoms with van der Waals surface area (Å²) in [5.74, 6) is -1.74. The van der Waals surface area contributed by atoms with Crippen LogP contribution in [0.5, 0.6) is 0 Å². The Bertz CT molecular complexity index is 287. The molecule has 1 atom stereocenters. The van der Waals surface area contributed by atoms with Gasteiger partial charge in [-0.2, -0.15) is 0 Å². The van der Waals surface area contributed by atoms with E-state index in [1.54, 1.807) is 20.8 Å². The minimum Gasteiger partial charge on any atom is -0.480 e. The normalized spacial score (nSPS) is 26.2. The van der Waals surface area contributed by atoms with Gasteiger partial charge < -0.3 is 15.2 Å². The molecule has 0 spiro atoms. The summed E-state index contributed by atoms with van der Waals surface area (Å²) in [4.78, 5) is 23.2. The summed E-state index contributed by atoms with van der Waals surface area (Å²) in [6.45, 7) is 6.10. The maximum atomic E-state index is 11.9. The molecular weight excluding hydrogens is 210 g/mol. The highest BCUT2D eigenvalue weighted by Gasteiger charge is 2.49. The van der Waals surface area contributed by atoms with Crippen molar-refractivity contribution in [1.29, 1.82) is 0 Å². The average molecular weight is 229 g/mol. The molecule has 5 heteroatoms. The quantitative estimate of drug-likeness (QED) is 0.540. The molecule has 1 aliphatic heterocycles. The fourth-order valence-electron chi connectivity index (χ4n) is 1.73. The summed E-state index contributed by atoms with van der Waals surface area (Å²) in [6, 6.07) is 0. The Labute approximate surface area is 95.2 Å². The minimum atomic E-state index is -1.41. The molecule has 0 amide bonds. The number of rotatable bonds is 2. The number of carbonyl (C=O) groups excluding carboxylic acids is 1. The number of carboxylic acids is 1. The third-order valence-corrected chi connectivity index (χ3v) is 2.58. The van der Waals surface area contributed by atoms with Crippen LogP contribution in [0.25, 0.3) is 0 Å². The highest BCUT2D eigenvalue weighted by Crippen LogP contribution is 2.30. The molecule has 1 rings (SSSR count). The first kappa shape index (κ1) is 13.0. The fraction of sp³-hybridized carbons (Fsp3) is 0.818. The second-order valence-corrected chi connectivity index (χ2v) is 5.17. The lowest BCUT2D eigenvalue weighted by Gasteiger charge is -2.34. The van der Waals surface area contributed by atoms with Crippen LogP contribution in [0.1, 0.15) is 33.6 Å². The van der Waals surface area contributed by atoms with E-state index in [-0.39, 0.29) is 6.54 Å². The zero-order valence-electron chi connectivity index (χ0n) is 10.0. The number of esters is 1. The first-order chi connectivity index (χ1) is 7.28. The van der Waals surface area contributed by atoms with E-state index in [2.05, 4.69) is 5.32 Å². The van der Waals surface area contributed by atoms with Gasteiger partial charge in [-0.05, 0) is 40.2 Å². The second-order valence-electron chi connectivity index (χ2n) is 5.17. The Balaban J connectivity index is 2.85. The molecule has 0 aliphatic carbocycles. The van der Waals surface area contributed by atoms with Gasteiger partial charge in [-0.15, -0.1) is 0 Å². The van der Waals surface area contributed by atoms with Crippen LogP contribution >= 0.6 is 0 Å². The second kappa shape index (κ2) is 4.41. The van der Waals surface area contributed by atoms with Crippen molar-refractivity contribution in [3.05, 3.63) is 0 Å². The number of hydrogen-bond donors (Lipinski definition) is 2. The van der Waals surface area contributed by atoms with Gasteiger partial charge in [-0.25, -0.2) is 0 Å². The molecule has 1 heterocycles. The Hall–Kier alpha value is -1.10. The van der Waals surface area contributed by atoms with Gasteiger partial charge in [0.1, 0.15) is 5.60 Å². The summed E-state index contributed by atoms with van der Waals surface area (Å²) in [5, 5.41) is 12.2. The number of carbonyl (C=O) groups is 2. The van der Waals surface area contributed by atoms with E-state index in [0.29, 0.717) is 12.8 Å². The van der Waals surface area contributed by atoms with E-state index in [1.165, 1.54) is 0 Å². The summed E-state index contributed by atoms with van der Waals surface area (Å²) in [5.41, 5.74) is -2.07. The van der Waals surface area contributed by atoms with Crippen LogP contribution < -0.4 is 5.32 Å². The van der Waals surface area contributed by atoms with Crippen LogP contribution in [-0.4, -0.2) is 35.7 Å².